The molecule has 0 fully saturated rings. The fourth-order valence-corrected chi connectivity index (χ4v) is 2.72. The third-order valence-corrected chi connectivity index (χ3v) is 3.88. The highest BCUT2D eigenvalue weighted by atomic mass is 35.5. The number of hydrogen-bond acceptors (Lipinski definition) is 1. The Morgan fingerprint density at radius 1 is 1.05 bits per heavy atom. The molecule has 0 atom stereocenters. The van der Waals surface area contributed by atoms with Gasteiger partial charge in [-0.3, -0.25) is 0 Å². The second-order valence-electron chi connectivity index (χ2n) is 5.24. The van der Waals surface area contributed by atoms with Gasteiger partial charge in [0.05, 0.1) is 17.3 Å². The van der Waals surface area contributed by atoms with Gasteiger partial charge in [0.25, 0.3) is 0 Å². The number of hydrogen-bond donors (Lipinski definition) is 0. The molecule has 0 amide bonds. The van der Waals surface area contributed by atoms with Gasteiger partial charge in [-0.25, -0.2) is 4.68 Å². The van der Waals surface area contributed by atoms with Crippen LogP contribution in [0.5, 0.6) is 0 Å². The molecule has 3 rings (SSSR count). The summed E-state index contributed by atoms with van der Waals surface area (Å²) in [6, 6.07) is 16.5. The zero-order chi connectivity index (χ0) is 14.8. The predicted octanol–water partition coefficient (Wildman–Crippen LogP) is 4.89. The first-order chi connectivity index (χ1) is 10.2. The topological polar surface area (TPSA) is 17.8 Å². The van der Waals surface area contributed by atoms with Crippen LogP contribution in [0.1, 0.15) is 16.7 Å². The number of alkyl halides is 1. The molecule has 0 N–H and O–H groups in total. The van der Waals surface area contributed by atoms with Gasteiger partial charge in [0, 0.05) is 17.3 Å². The van der Waals surface area contributed by atoms with Crippen LogP contribution in [0.15, 0.2) is 54.7 Å². The van der Waals surface area contributed by atoms with E-state index in [4.69, 9.17) is 16.7 Å². The molecule has 0 saturated heterocycles. The van der Waals surface area contributed by atoms with E-state index < -0.39 is 0 Å². The van der Waals surface area contributed by atoms with Crippen LogP contribution in [0, 0.1) is 13.8 Å². The molecule has 106 valence electrons. The van der Waals surface area contributed by atoms with Crippen molar-refractivity contribution in [2.75, 3.05) is 0 Å². The van der Waals surface area contributed by atoms with Crippen molar-refractivity contribution < 1.29 is 0 Å². The average Bonchev–Trinajstić information content (AvgIpc) is 2.92. The highest BCUT2D eigenvalue weighted by Gasteiger charge is 2.13. The molecular formula is C18H17ClN2. The molecule has 0 radical (unpaired) electrons. The van der Waals surface area contributed by atoms with E-state index in [1.54, 1.807) is 0 Å². The summed E-state index contributed by atoms with van der Waals surface area (Å²) in [6.45, 7) is 4.21. The first-order valence-electron chi connectivity index (χ1n) is 6.96. The third kappa shape index (κ3) is 2.72. The highest BCUT2D eigenvalue weighted by molar-refractivity contribution is 6.17. The van der Waals surface area contributed by atoms with Gasteiger partial charge < -0.3 is 0 Å². The number of para-hydroxylation sites is 1. The van der Waals surface area contributed by atoms with E-state index in [2.05, 4.69) is 32.0 Å². The van der Waals surface area contributed by atoms with Gasteiger partial charge in [0.15, 0.2) is 0 Å². The molecule has 0 bridgehead atoms. The van der Waals surface area contributed by atoms with Crippen LogP contribution in [0.4, 0.5) is 0 Å². The maximum atomic E-state index is 6.11. The average molecular weight is 297 g/mol. The van der Waals surface area contributed by atoms with Crippen molar-refractivity contribution >= 4 is 11.6 Å². The van der Waals surface area contributed by atoms with Crippen molar-refractivity contribution in [1.29, 1.82) is 0 Å². The summed E-state index contributed by atoms with van der Waals surface area (Å²) < 4.78 is 1.90. The number of aryl methyl sites for hydroxylation is 2. The predicted molar refractivity (Wildman–Crippen MR) is 88.0 cm³/mol. The molecule has 3 aromatic rings. The van der Waals surface area contributed by atoms with Crippen LogP contribution < -0.4 is 0 Å². The van der Waals surface area contributed by atoms with Crippen LogP contribution >= 0.6 is 11.6 Å². The zero-order valence-corrected chi connectivity index (χ0v) is 12.9. The number of benzene rings is 2. The number of aromatic nitrogens is 2. The van der Waals surface area contributed by atoms with Crippen molar-refractivity contribution in [3.63, 3.8) is 0 Å². The quantitative estimate of drug-likeness (QED) is 0.629. The van der Waals surface area contributed by atoms with Crippen LogP contribution in [0.25, 0.3) is 16.9 Å². The summed E-state index contributed by atoms with van der Waals surface area (Å²) in [5, 5.41) is 4.74. The van der Waals surface area contributed by atoms with Crippen molar-refractivity contribution in [2.45, 2.75) is 19.7 Å². The second kappa shape index (κ2) is 5.74. The Kier molecular flexibility index (Phi) is 3.80. The molecule has 0 aliphatic rings. The van der Waals surface area contributed by atoms with Gasteiger partial charge in [-0.05, 0) is 31.5 Å². The van der Waals surface area contributed by atoms with Gasteiger partial charge >= 0.3 is 0 Å². The van der Waals surface area contributed by atoms with E-state index in [9.17, 15) is 0 Å². The Morgan fingerprint density at radius 2 is 1.81 bits per heavy atom. The molecule has 1 heterocycles. The van der Waals surface area contributed by atoms with Gasteiger partial charge in [-0.1, -0.05) is 42.0 Å². The number of halogens is 1. The van der Waals surface area contributed by atoms with Gasteiger partial charge in [-0.15, -0.1) is 11.6 Å². The van der Waals surface area contributed by atoms with E-state index in [0.29, 0.717) is 5.88 Å². The van der Waals surface area contributed by atoms with E-state index in [1.807, 2.05) is 41.2 Å². The lowest BCUT2D eigenvalue weighted by molar-refractivity contribution is 0.883. The Labute approximate surface area is 130 Å². The molecule has 2 aromatic carbocycles. The summed E-state index contributed by atoms with van der Waals surface area (Å²) in [6.07, 6.45) is 2.01. The Morgan fingerprint density at radius 3 is 2.48 bits per heavy atom. The molecular weight excluding hydrogens is 280 g/mol. The minimum atomic E-state index is 0.454. The molecule has 0 unspecified atom stereocenters. The smallest absolute Gasteiger partial charge is 0.0974 e. The molecule has 0 spiro atoms. The normalized spacial score (nSPS) is 10.8. The largest absolute Gasteiger partial charge is 0.240 e. The Hall–Kier alpha value is -2.06. The SMILES string of the molecule is Cc1ccc(-c2nn(-c3ccccc3)cc2CCl)c(C)c1. The molecule has 3 heteroatoms. The first kappa shape index (κ1) is 13.9. The molecule has 2 nitrogen and oxygen atoms in total. The summed E-state index contributed by atoms with van der Waals surface area (Å²) in [7, 11) is 0. The van der Waals surface area contributed by atoms with Crippen LogP contribution in [-0.4, -0.2) is 9.78 Å². The van der Waals surface area contributed by atoms with Crippen LogP contribution in [-0.2, 0) is 5.88 Å². The van der Waals surface area contributed by atoms with Crippen molar-refractivity contribution in [2.24, 2.45) is 0 Å². The summed E-state index contributed by atoms with van der Waals surface area (Å²) >= 11 is 6.11. The van der Waals surface area contributed by atoms with E-state index in [-0.39, 0.29) is 0 Å². The fourth-order valence-electron chi connectivity index (χ4n) is 2.53. The summed E-state index contributed by atoms with van der Waals surface area (Å²) in [5.74, 6) is 0.454. The van der Waals surface area contributed by atoms with E-state index in [1.165, 1.54) is 11.1 Å². The Bertz CT molecular complexity index is 760. The highest BCUT2D eigenvalue weighted by Crippen LogP contribution is 2.28. The summed E-state index contributed by atoms with van der Waals surface area (Å²) in [5.41, 5.74) is 6.68. The zero-order valence-electron chi connectivity index (χ0n) is 12.2. The van der Waals surface area contributed by atoms with Gasteiger partial charge in [-0.2, -0.15) is 5.10 Å². The van der Waals surface area contributed by atoms with Gasteiger partial charge in [0.2, 0.25) is 0 Å². The minimum absolute atomic E-state index is 0.454. The first-order valence-corrected chi connectivity index (χ1v) is 7.50. The molecule has 0 aliphatic carbocycles. The molecule has 21 heavy (non-hydrogen) atoms. The van der Waals surface area contributed by atoms with Crippen molar-refractivity contribution in [3.8, 4) is 16.9 Å². The second-order valence-corrected chi connectivity index (χ2v) is 5.50. The third-order valence-electron chi connectivity index (χ3n) is 3.59. The van der Waals surface area contributed by atoms with Crippen LogP contribution in [0.2, 0.25) is 0 Å². The number of nitrogens with zero attached hydrogens (tertiary/aromatic N) is 2. The number of rotatable bonds is 3. The fraction of sp³-hybridized carbons (Fsp3) is 0.167. The maximum absolute atomic E-state index is 6.11. The monoisotopic (exact) mass is 296 g/mol. The van der Waals surface area contributed by atoms with Gasteiger partial charge in [0.1, 0.15) is 0 Å². The van der Waals surface area contributed by atoms with Crippen molar-refractivity contribution in [3.05, 3.63) is 71.4 Å². The lowest BCUT2D eigenvalue weighted by Gasteiger charge is -2.05. The molecule has 0 saturated carbocycles. The lowest BCUT2D eigenvalue weighted by Crippen LogP contribution is -1.94. The standard InChI is InChI=1S/C18H17ClN2/c1-13-8-9-17(14(2)10-13)18-15(11-19)12-21(20-18)16-6-4-3-5-7-16/h3-10,12H,11H2,1-2H3. The molecule has 1 aromatic heterocycles. The maximum Gasteiger partial charge on any atom is 0.0974 e. The summed E-state index contributed by atoms with van der Waals surface area (Å²) in [4.78, 5) is 0. The minimum Gasteiger partial charge on any atom is -0.240 e. The van der Waals surface area contributed by atoms with E-state index >= 15 is 0 Å². The van der Waals surface area contributed by atoms with E-state index in [0.717, 1.165) is 22.5 Å². The molecule has 0 aliphatic heterocycles. The lowest BCUT2D eigenvalue weighted by atomic mass is 10.0. The van der Waals surface area contributed by atoms with Crippen LogP contribution in [0.3, 0.4) is 0 Å². The van der Waals surface area contributed by atoms with Crippen molar-refractivity contribution in [1.82, 2.24) is 9.78 Å². The Balaban J connectivity index is 2.12.